The minimum Gasteiger partial charge on any atom is -0.394 e. The lowest BCUT2D eigenvalue weighted by atomic mass is 10.0. The lowest BCUT2D eigenvalue weighted by Crippen LogP contribution is -2.50. The number of unbranched alkanes of at least 4 members (excludes halogenated alkanes) is 42. The fraction of sp³-hybridized carbons (Fsp3) is 0.915. The second kappa shape index (κ2) is 54.4. The van der Waals surface area contributed by atoms with Crippen molar-refractivity contribution in [1.82, 2.24) is 5.32 Å². The summed E-state index contributed by atoms with van der Waals surface area (Å²) in [5.41, 5.74) is 0. The second-order valence-corrected chi connectivity index (χ2v) is 20.2. The molecule has 5 nitrogen and oxygen atoms in total. The van der Waals surface area contributed by atoms with Crippen molar-refractivity contribution >= 4 is 5.91 Å². The van der Waals surface area contributed by atoms with Crippen molar-refractivity contribution in [2.75, 3.05) is 6.61 Å². The van der Waals surface area contributed by atoms with E-state index in [9.17, 15) is 20.1 Å². The third-order valence-electron chi connectivity index (χ3n) is 13.8. The van der Waals surface area contributed by atoms with Gasteiger partial charge in [-0.3, -0.25) is 4.79 Å². The molecule has 380 valence electrons. The van der Waals surface area contributed by atoms with Gasteiger partial charge in [-0.15, -0.1) is 0 Å². The predicted molar refractivity (Wildman–Crippen MR) is 282 cm³/mol. The van der Waals surface area contributed by atoms with Crippen LogP contribution in [0.15, 0.2) is 24.3 Å². The molecule has 5 heteroatoms. The summed E-state index contributed by atoms with van der Waals surface area (Å²) in [7, 11) is 0. The molecule has 0 aliphatic rings. The van der Waals surface area contributed by atoms with Crippen LogP contribution in [-0.4, -0.2) is 46.1 Å². The first-order chi connectivity index (χ1) is 31.6. The Labute approximate surface area is 401 Å². The number of allylic oxidation sites excluding steroid dienone is 4. The molecule has 0 heterocycles. The van der Waals surface area contributed by atoms with Crippen molar-refractivity contribution in [1.29, 1.82) is 0 Å². The van der Waals surface area contributed by atoms with E-state index in [0.29, 0.717) is 12.8 Å². The molecule has 0 fully saturated rings. The summed E-state index contributed by atoms with van der Waals surface area (Å²) < 4.78 is 0. The Hall–Kier alpha value is -1.17. The molecular formula is C59H115NO4. The third kappa shape index (κ3) is 48.8. The lowest BCUT2D eigenvalue weighted by Gasteiger charge is -2.26. The molecule has 0 aromatic rings. The van der Waals surface area contributed by atoms with Gasteiger partial charge in [-0.1, -0.05) is 276 Å². The maximum atomic E-state index is 12.5. The van der Waals surface area contributed by atoms with Crippen molar-refractivity contribution in [3.05, 3.63) is 24.3 Å². The summed E-state index contributed by atoms with van der Waals surface area (Å²) >= 11 is 0. The Kier molecular flexibility index (Phi) is 53.4. The van der Waals surface area contributed by atoms with Gasteiger partial charge in [-0.2, -0.15) is 0 Å². The van der Waals surface area contributed by atoms with E-state index in [1.54, 1.807) is 0 Å². The monoisotopic (exact) mass is 902 g/mol. The predicted octanol–water partition coefficient (Wildman–Crippen LogP) is 18.1. The summed E-state index contributed by atoms with van der Waals surface area (Å²) in [5.74, 6) is -0.149. The van der Waals surface area contributed by atoms with Gasteiger partial charge < -0.3 is 20.6 Å². The number of aliphatic hydroxyl groups excluding tert-OH is 3. The maximum Gasteiger partial charge on any atom is 0.220 e. The average molecular weight is 903 g/mol. The third-order valence-corrected chi connectivity index (χ3v) is 13.8. The number of hydrogen-bond donors (Lipinski definition) is 4. The number of amides is 1. The van der Waals surface area contributed by atoms with Crippen LogP contribution in [0.2, 0.25) is 0 Å². The van der Waals surface area contributed by atoms with Crippen LogP contribution in [-0.2, 0) is 4.79 Å². The second-order valence-electron chi connectivity index (χ2n) is 20.2. The molecule has 64 heavy (non-hydrogen) atoms. The Morgan fingerprint density at radius 3 is 0.906 bits per heavy atom. The fourth-order valence-corrected chi connectivity index (χ4v) is 9.28. The molecule has 0 aliphatic carbocycles. The van der Waals surface area contributed by atoms with Crippen molar-refractivity contribution in [3.8, 4) is 0 Å². The molecule has 0 aliphatic heterocycles. The van der Waals surface area contributed by atoms with Crippen LogP contribution >= 0.6 is 0 Å². The van der Waals surface area contributed by atoms with E-state index >= 15 is 0 Å². The highest BCUT2D eigenvalue weighted by atomic mass is 16.3. The molecule has 0 saturated heterocycles. The van der Waals surface area contributed by atoms with Gasteiger partial charge in [-0.25, -0.2) is 0 Å². The van der Waals surface area contributed by atoms with E-state index in [1.165, 1.54) is 257 Å². The molecule has 0 bridgehead atoms. The Balaban J connectivity index is 3.49. The van der Waals surface area contributed by atoms with Crippen molar-refractivity contribution in [2.45, 2.75) is 340 Å². The highest BCUT2D eigenvalue weighted by Gasteiger charge is 2.26. The normalized spacial score (nSPS) is 13.4. The van der Waals surface area contributed by atoms with Gasteiger partial charge in [0, 0.05) is 6.42 Å². The molecule has 0 spiro atoms. The highest BCUT2D eigenvalue weighted by Crippen LogP contribution is 2.18. The molecule has 0 aromatic heterocycles. The fourth-order valence-electron chi connectivity index (χ4n) is 9.28. The SMILES string of the molecule is CCCCCCCCCCCCCC/C=C\CCCCCCCCCCCCCCCCCCCC(=O)NC(CO)C(O)C(O)CCC/C=C/CCCCCCCCCCCCCC. The quantitative estimate of drug-likeness (QED) is 0.0362. The number of aliphatic hydroxyl groups is 3. The molecule has 1 amide bonds. The van der Waals surface area contributed by atoms with Crippen LogP contribution in [0.3, 0.4) is 0 Å². The van der Waals surface area contributed by atoms with Gasteiger partial charge in [0.05, 0.1) is 18.8 Å². The van der Waals surface area contributed by atoms with Crippen molar-refractivity contribution < 1.29 is 20.1 Å². The van der Waals surface area contributed by atoms with E-state index < -0.39 is 18.2 Å². The van der Waals surface area contributed by atoms with Gasteiger partial charge in [0.1, 0.15) is 6.10 Å². The summed E-state index contributed by atoms with van der Waals surface area (Å²) in [4.78, 5) is 12.5. The molecule has 0 saturated carbocycles. The first-order valence-electron chi connectivity index (χ1n) is 29.1. The number of hydrogen-bond acceptors (Lipinski definition) is 4. The summed E-state index contributed by atoms with van der Waals surface area (Å²) in [6.45, 7) is 4.20. The van der Waals surface area contributed by atoms with Crippen LogP contribution in [0.4, 0.5) is 0 Å². The van der Waals surface area contributed by atoms with Gasteiger partial charge in [-0.05, 0) is 64.2 Å². The minimum absolute atomic E-state index is 0.149. The number of carbonyl (C=O) groups is 1. The molecule has 0 rings (SSSR count). The number of rotatable bonds is 54. The average Bonchev–Trinajstić information content (AvgIpc) is 3.30. The Bertz CT molecular complexity index is 951. The van der Waals surface area contributed by atoms with E-state index in [2.05, 4.69) is 43.5 Å². The van der Waals surface area contributed by atoms with Crippen LogP contribution in [0, 0.1) is 0 Å². The van der Waals surface area contributed by atoms with E-state index in [-0.39, 0.29) is 12.5 Å². The van der Waals surface area contributed by atoms with Crippen molar-refractivity contribution in [3.63, 3.8) is 0 Å². The van der Waals surface area contributed by atoms with Gasteiger partial charge in [0.2, 0.25) is 5.91 Å². The molecule has 3 unspecified atom stereocenters. The smallest absolute Gasteiger partial charge is 0.220 e. The lowest BCUT2D eigenvalue weighted by molar-refractivity contribution is -0.124. The number of carbonyl (C=O) groups excluding carboxylic acids is 1. The Morgan fingerprint density at radius 1 is 0.375 bits per heavy atom. The summed E-state index contributed by atoms with van der Waals surface area (Å²) in [6.07, 6.45) is 69.2. The molecule has 3 atom stereocenters. The maximum absolute atomic E-state index is 12.5. The van der Waals surface area contributed by atoms with Gasteiger partial charge in [0.15, 0.2) is 0 Å². The zero-order chi connectivity index (χ0) is 46.5. The Morgan fingerprint density at radius 2 is 0.625 bits per heavy atom. The van der Waals surface area contributed by atoms with Gasteiger partial charge >= 0.3 is 0 Å². The van der Waals surface area contributed by atoms with Crippen LogP contribution < -0.4 is 5.32 Å². The zero-order valence-electron chi connectivity index (χ0n) is 43.4. The summed E-state index contributed by atoms with van der Waals surface area (Å²) in [6, 6.07) is -0.824. The highest BCUT2D eigenvalue weighted by molar-refractivity contribution is 5.76. The van der Waals surface area contributed by atoms with Crippen LogP contribution in [0.25, 0.3) is 0 Å². The first kappa shape index (κ1) is 62.8. The van der Waals surface area contributed by atoms with Crippen LogP contribution in [0.1, 0.15) is 322 Å². The zero-order valence-corrected chi connectivity index (χ0v) is 43.4. The molecular weight excluding hydrogens is 787 g/mol. The van der Waals surface area contributed by atoms with Gasteiger partial charge in [0.25, 0.3) is 0 Å². The molecule has 4 N–H and O–H groups in total. The van der Waals surface area contributed by atoms with E-state index in [0.717, 1.165) is 38.5 Å². The van der Waals surface area contributed by atoms with Crippen molar-refractivity contribution in [2.24, 2.45) is 0 Å². The standard InChI is InChI=1S/C59H115NO4/c1-3-5-7-9-11-13-15-17-19-21-22-23-24-25-26-27-28-29-30-31-32-33-34-35-36-38-40-42-44-46-48-50-52-54-58(63)60-56(55-61)59(64)57(62)53-51-49-47-45-43-41-39-37-20-18-16-14-12-10-8-6-4-2/h25-26,45,47,56-57,59,61-62,64H,3-24,27-44,46,48-55H2,1-2H3,(H,60,63)/b26-25-,47-45+. The molecule has 0 radical (unpaired) electrons. The minimum atomic E-state index is -1.16. The molecule has 0 aromatic carbocycles. The first-order valence-corrected chi connectivity index (χ1v) is 29.1. The number of nitrogens with one attached hydrogen (secondary N) is 1. The largest absolute Gasteiger partial charge is 0.394 e. The topological polar surface area (TPSA) is 89.8 Å². The van der Waals surface area contributed by atoms with E-state index in [1.807, 2.05) is 0 Å². The van der Waals surface area contributed by atoms with E-state index in [4.69, 9.17) is 0 Å². The van der Waals surface area contributed by atoms with Crippen LogP contribution in [0.5, 0.6) is 0 Å². The summed E-state index contributed by atoms with van der Waals surface area (Å²) in [5, 5.41) is 33.7.